The Balaban J connectivity index is 1.49. The van der Waals surface area contributed by atoms with Gasteiger partial charge in [0.15, 0.2) is 0 Å². The minimum atomic E-state index is -3.47. The highest BCUT2D eigenvalue weighted by molar-refractivity contribution is 7.89. The van der Waals surface area contributed by atoms with Crippen LogP contribution in [0.3, 0.4) is 0 Å². The van der Waals surface area contributed by atoms with Gasteiger partial charge in [0.1, 0.15) is 5.82 Å². The maximum atomic E-state index is 12.8. The van der Waals surface area contributed by atoms with Crippen LogP contribution >= 0.6 is 0 Å². The van der Waals surface area contributed by atoms with Gasteiger partial charge in [-0.05, 0) is 44.7 Å². The summed E-state index contributed by atoms with van der Waals surface area (Å²) in [6, 6.07) is 6.99. The zero-order chi connectivity index (χ0) is 19.0. The molecular formula is C19H25N5O2S. The van der Waals surface area contributed by atoms with Crippen molar-refractivity contribution in [3.63, 3.8) is 0 Å². The van der Waals surface area contributed by atoms with Gasteiger partial charge < -0.3 is 10.6 Å². The maximum absolute atomic E-state index is 12.8. The van der Waals surface area contributed by atoms with Crippen LogP contribution in [0.4, 0.5) is 11.8 Å². The smallest absolute Gasteiger partial charge is 0.243 e. The number of hydrogen-bond donors (Lipinski definition) is 1. The van der Waals surface area contributed by atoms with Crippen LogP contribution in [0.2, 0.25) is 0 Å². The van der Waals surface area contributed by atoms with E-state index in [2.05, 4.69) is 4.98 Å². The fourth-order valence-corrected chi connectivity index (χ4v) is 5.16. The molecule has 4 rings (SSSR count). The van der Waals surface area contributed by atoms with Crippen LogP contribution in [0.5, 0.6) is 0 Å². The van der Waals surface area contributed by atoms with Gasteiger partial charge in [0.25, 0.3) is 0 Å². The molecule has 2 heterocycles. The van der Waals surface area contributed by atoms with Gasteiger partial charge in [-0.1, -0.05) is 17.7 Å². The van der Waals surface area contributed by atoms with Crippen molar-refractivity contribution >= 4 is 21.8 Å². The summed E-state index contributed by atoms with van der Waals surface area (Å²) in [5, 5.41) is 0. The molecule has 7 nitrogen and oxygen atoms in total. The standard InChI is InChI=1S/C19H25N5O2S/c1-14-6-8-15(9-7-14)27(25,26)24-12-10-23(11-13-24)19-21-17-5-3-2-4-16(17)18(20)22-19/h6-9H,2-5,10-13H2,1H3,(H2,20,21,22). The summed E-state index contributed by atoms with van der Waals surface area (Å²) in [4.78, 5) is 11.6. The van der Waals surface area contributed by atoms with Crippen LogP contribution in [0.15, 0.2) is 29.2 Å². The Morgan fingerprint density at radius 2 is 1.63 bits per heavy atom. The molecule has 1 saturated heterocycles. The molecule has 1 fully saturated rings. The van der Waals surface area contributed by atoms with Crippen LogP contribution < -0.4 is 10.6 Å². The number of hydrogen-bond acceptors (Lipinski definition) is 6. The number of fused-ring (bicyclic) bond motifs is 1. The van der Waals surface area contributed by atoms with E-state index < -0.39 is 10.0 Å². The Labute approximate surface area is 160 Å². The predicted molar refractivity (Wildman–Crippen MR) is 105 cm³/mol. The number of benzene rings is 1. The topological polar surface area (TPSA) is 92.4 Å². The van der Waals surface area contributed by atoms with Crippen LogP contribution in [0.1, 0.15) is 29.7 Å². The van der Waals surface area contributed by atoms with Crippen molar-refractivity contribution < 1.29 is 8.42 Å². The van der Waals surface area contributed by atoms with E-state index in [1.807, 2.05) is 24.0 Å². The van der Waals surface area contributed by atoms with Crippen molar-refractivity contribution in [3.8, 4) is 0 Å². The van der Waals surface area contributed by atoms with E-state index in [0.29, 0.717) is 42.8 Å². The third-order valence-corrected chi connectivity index (χ3v) is 7.30. The largest absolute Gasteiger partial charge is 0.383 e. The highest BCUT2D eigenvalue weighted by atomic mass is 32.2. The van der Waals surface area contributed by atoms with Gasteiger partial charge in [-0.3, -0.25) is 0 Å². The molecule has 8 heteroatoms. The Hall–Kier alpha value is -2.19. The molecule has 0 spiro atoms. The summed E-state index contributed by atoms with van der Waals surface area (Å²) < 4.78 is 27.2. The molecule has 144 valence electrons. The van der Waals surface area contributed by atoms with E-state index >= 15 is 0 Å². The van der Waals surface area contributed by atoms with Gasteiger partial charge in [0.05, 0.1) is 10.6 Å². The highest BCUT2D eigenvalue weighted by Gasteiger charge is 2.30. The second kappa shape index (κ2) is 7.09. The number of nitrogens with zero attached hydrogens (tertiary/aromatic N) is 4. The minimum Gasteiger partial charge on any atom is -0.383 e. The minimum absolute atomic E-state index is 0.343. The number of nitrogens with two attached hydrogens (primary N) is 1. The maximum Gasteiger partial charge on any atom is 0.243 e. The molecule has 0 saturated carbocycles. The van der Waals surface area contributed by atoms with Crippen molar-refractivity contribution in [1.29, 1.82) is 0 Å². The zero-order valence-corrected chi connectivity index (χ0v) is 16.4. The van der Waals surface area contributed by atoms with Crippen LogP contribution in [-0.2, 0) is 22.9 Å². The molecule has 27 heavy (non-hydrogen) atoms. The third kappa shape index (κ3) is 3.51. The average Bonchev–Trinajstić information content (AvgIpc) is 2.68. The molecule has 0 amide bonds. The van der Waals surface area contributed by atoms with Gasteiger partial charge in [0.2, 0.25) is 16.0 Å². The molecule has 0 bridgehead atoms. The first kappa shape index (κ1) is 18.2. The Morgan fingerprint density at radius 1 is 0.963 bits per heavy atom. The fraction of sp³-hybridized carbons (Fsp3) is 0.474. The first-order chi connectivity index (χ1) is 12.9. The molecule has 2 aromatic rings. The molecule has 0 unspecified atom stereocenters. The van der Waals surface area contributed by atoms with E-state index in [-0.39, 0.29) is 0 Å². The Morgan fingerprint density at radius 3 is 2.33 bits per heavy atom. The van der Waals surface area contributed by atoms with Crippen molar-refractivity contribution in [2.24, 2.45) is 0 Å². The highest BCUT2D eigenvalue weighted by Crippen LogP contribution is 2.27. The second-order valence-electron chi connectivity index (χ2n) is 7.25. The van der Waals surface area contributed by atoms with Crippen LogP contribution in [0.25, 0.3) is 0 Å². The van der Waals surface area contributed by atoms with Crippen molar-refractivity contribution in [2.75, 3.05) is 36.8 Å². The summed E-state index contributed by atoms with van der Waals surface area (Å²) in [6.45, 7) is 3.89. The molecule has 0 radical (unpaired) electrons. The average molecular weight is 388 g/mol. The summed E-state index contributed by atoms with van der Waals surface area (Å²) >= 11 is 0. The van der Waals surface area contributed by atoms with Crippen LogP contribution in [0, 0.1) is 6.92 Å². The van der Waals surface area contributed by atoms with E-state index in [9.17, 15) is 8.42 Å². The van der Waals surface area contributed by atoms with Gasteiger partial charge in [-0.2, -0.15) is 9.29 Å². The van der Waals surface area contributed by atoms with E-state index in [1.165, 1.54) is 4.31 Å². The van der Waals surface area contributed by atoms with E-state index in [4.69, 9.17) is 10.7 Å². The quantitative estimate of drug-likeness (QED) is 0.863. The Bertz CT molecular complexity index is 935. The molecule has 1 aromatic heterocycles. The Kier molecular flexibility index (Phi) is 4.77. The fourth-order valence-electron chi connectivity index (χ4n) is 3.74. The summed E-state index contributed by atoms with van der Waals surface area (Å²) in [6.07, 6.45) is 4.15. The van der Waals surface area contributed by atoms with Gasteiger partial charge in [-0.25, -0.2) is 13.4 Å². The van der Waals surface area contributed by atoms with Crippen LogP contribution in [-0.4, -0.2) is 48.9 Å². The first-order valence-electron chi connectivity index (χ1n) is 9.42. The molecular weight excluding hydrogens is 362 g/mol. The number of rotatable bonds is 3. The number of anilines is 2. The first-order valence-corrected chi connectivity index (χ1v) is 10.9. The normalized spacial score (nSPS) is 18.3. The molecule has 1 aromatic carbocycles. The number of aromatic nitrogens is 2. The number of piperazine rings is 1. The molecule has 1 aliphatic carbocycles. The lowest BCUT2D eigenvalue weighted by molar-refractivity contribution is 0.382. The third-order valence-electron chi connectivity index (χ3n) is 5.38. The molecule has 1 aliphatic heterocycles. The lowest BCUT2D eigenvalue weighted by Crippen LogP contribution is -2.49. The number of nitrogen functional groups attached to an aromatic ring is 1. The molecule has 0 atom stereocenters. The zero-order valence-electron chi connectivity index (χ0n) is 15.6. The summed E-state index contributed by atoms with van der Waals surface area (Å²) in [5.41, 5.74) is 9.33. The van der Waals surface area contributed by atoms with Gasteiger partial charge >= 0.3 is 0 Å². The monoisotopic (exact) mass is 387 g/mol. The van der Waals surface area contributed by atoms with E-state index in [0.717, 1.165) is 42.5 Å². The lowest BCUT2D eigenvalue weighted by Gasteiger charge is -2.34. The lowest BCUT2D eigenvalue weighted by atomic mass is 9.96. The van der Waals surface area contributed by atoms with Crippen molar-refractivity contribution in [1.82, 2.24) is 14.3 Å². The SMILES string of the molecule is Cc1ccc(S(=O)(=O)N2CCN(c3nc(N)c4c(n3)CCCC4)CC2)cc1. The number of sulfonamides is 1. The summed E-state index contributed by atoms with van der Waals surface area (Å²) in [7, 11) is -3.47. The van der Waals surface area contributed by atoms with Crippen molar-refractivity contribution in [3.05, 3.63) is 41.1 Å². The van der Waals surface area contributed by atoms with Gasteiger partial charge in [-0.15, -0.1) is 0 Å². The van der Waals surface area contributed by atoms with Gasteiger partial charge in [0, 0.05) is 31.7 Å². The molecule has 2 N–H and O–H groups in total. The summed E-state index contributed by atoms with van der Waals surface area (Å²) in [5.74, 6) is 1.20. The van der Waals surface area contributed by atoms with Crippen molar-refractivity contribution in [2.45, 2.75) is 37.5 Å². The predicted octanol–water partition coefficient (Wildman–Crippen LogP) is 1.76. The number of aryl methyl sites for hydroxylation is 2. The second-order valence-corrected chi connectivity index (χ2v) is 9.18. The molecule has 2 aliphatic rings. The van der Waals surface area contributed by atoms with E-state index in [1.54, 1.807) is 12.1 Å².